The highest BCUT2D eigenvalue weighted by atomic mass is 16.6. The average molecular weight is 401 g/mol. The maximum atomic E-state index is 12.7. The highest BCUT2D eigenvalue weighted by molar-refractivity contribution is 5.79. The molecule has 0 bridgehead atoms. The van der Waals surface area contributed by atoms with E-state index in [0.29, 0.717) is 5.92 Å². The maximum absolute atomic E-state index is 12.7. The number of rotatable bonds is 8. The molecule has 2 saturated heterocycles. The van der Waals surface area contributed by atoms with Crippen LogP contribution in [-0.2, 0) is 9.53 Å². The van der Waals surface area contributed by atoms with Gasteiger partial charge in [-0.2, -0.15) is 0 Å². The van der Waals surface area contributed by atoms with Crippen molar-refractivity contribution in [1.82, 2.24) is 9.80 Å². The lowest BCUT2D eigenvalue weighted by Gasteiger charge is -2.36. The minimum atomic E-state index is -0.258. The lowest BCUT2D eigenvalue weighted by atomic mass is 9.76. The number of ether oxygens (including phenoxy) is 2. The van der Waals surface area contributed by atoms with Crippen LogP contribution < -0.4 is 4.74 Å². The van der Waals surface area contributed by atoms with Gasteiger partial charge in [-0.25, -0.2) is 0 Å². The normalized spacial score (nSPS) is 22.1. The molecule has 5 heteroatoms. The van der Waals surface area contributed by atoms with Crippen molar-refractivity contribution in [3.8, 4) is 5.75 Å². The quantitative estimate of drug-likeness (QED) is 0.623. The highest BCUT2D eigenvalue weighted by Gasteiger charge is 2.50. The fraction of sp³-hybridized carbons (Fsp3) is 0.625. The van der Waals surface area contributed by atoms with Crippen molar-refractivity contribution in [2.24, 2.45) is 11.3 Å². The van der Waals surface area contributed by atoms with Crippen LogP contribution in [0.25, 0.3) is 6.08 Å². The molecule has 2 heterocycles. The first kappa shape index (κ1) is 21.8. The number of cyclic esters (lactones) is 1. The molecule has 1 atom stereocenters. The van der Waals surface area contributed by atoms with Gasteiger partial charge in [-0.1, -0.05) is 44.2 Å². The second kappa shape index (κ2) is 9.77. The Morgan fingerprint density at radius 2 is 2.03 bits per heavy atom. The Morgan fingerprint density at radius 1 is 1.31 bits per heavy atom. The van der Waals surface area contributed by atoms with Crippen molar-refractivity contribution < 1.29 is 14.3 Å². The Kier molecular flexibility index (Phi) is 7.36. The Morgan fingerprint density at radius 3 is 2.72 bits per heavy atom. The first-order valence-corrected chi connectivity index (χ1v) is 10.8. The van der Waals surface area contributed by atoms with Gasteiger partial charge in [-0.05, 0) is 45.0 Å². The molecule has 3 rings (SSSR count). The SMILES string of the molecule is COc1ccccc1/C=C/CN1CCC2(CC1)CC(CN(C)CC(C)C)OC2=O. The summed E-state index contributed by atoms with van der Waals surface area (Å²) in [6, 6.07) is 8.04. The average Bonchev–Trinajstić information content (AvgIpc) is 2.97. The van der Waals surface area contributed by atoms with Gasteiger partial charge >= 0.3 is 5.97 Å². The number of nitrogens with zero attached hydrogens (tertiary/aromatic N) is 2. The molecule has 2 fully saturated rings. The van der Waals surface area contributed by atoms with E-state index in [1.807, 2.05) is 18.2 Å². The van der Waals surface area contributed by atoms with Crippen molar-refractivity contribution in [1.29, 1.82) is 0 Å². The molecule has 2 aliphatic heterocycles. The lowest BCUT2D eigenvalue weighted by Crippen LogP contribution is -2.42. The minimum Gasteiger partial charge on any atom is -0.496 e. The van der Waals surface area contributed by atoms with Crippen molar-refractivity contribution in [2.75, 3.05) is 46.9 Å². The molecule has 2 aliphatic rings. The van der Waals surface area contributed by atoms with Gasteiger partial charge in [0.25, 0.3) is 0 Å². The third-order valence-corrected chi connectivity index (χ3v) is 6.13. The topological polar surface area (TPSA) is 42.0 Å². The molecule has 1 spiro atoms. The van der Waals surface area contributed by atoms with Crippen LogP contribution in [0, 0.1) is 11.3 Å². The van der Waals surface area contributed by atoms with E-state index in [2.05, 4.69) is 48.9 Å². The van der Waals surface area contributed by atoms with Crippen molar-refractivity contribution in [3.05, 3.63) is 35.9 Å². The van der Waals surface area contributed by atoms with E-state index in [1.54, 1.807) is 7.11 Å². The van der Waals surface area contributed by atoms with Gasteiger partial charge in [-0.3, -0.25) is 9.69 Å². The van der Waals surface area contributed by atoms with Gasteiger partial charge in [0.15, 0.2) is 0 Å². The largest absolute Gasteiger partial charge is 0.496 e. The Hall–Kier alpha value is -1.85. The first-order valence-electron chi connectivity index (χ1n) is 10.8. The van der Waals surface area contributed by atoms with Crippen LogP contribution in [0.5, 0.6) is 5.75 Å². The molecule has 5 nitrogen and oxygen atoms in total. The summed E-state index contributed by atoms with van der Waals surface area (Å²) in [5.41, 5.74) is 0.836. The number of hydrogen-bond donors (Lipinski definition) is 0. The fourth-order valence-electron chi connectivity index (χ4n) is 4.69. The fourth-order valence-corrected chi connectivity index (χ4v) is 4.69. The van der Waals surface area contributed by atoms with Crippen LogP contribution >= 0.6 is 0 Å². The smallest absolute Gasteiger partial charge is 0.312 e. The number of carbonyl (C=O) groups is 1. The third kappa shape index (κ3) is 5.61. The second-order valence-corrected chi connectivity index (χ2v) is 9.07. The van der Waals surface area contributed by atoms with Crippen LogP contribution in [0.3, 0.4) is 0 Å². The molecule has 29 heavy (non-hydrogen) atoms. The summed E-state index contributed by atoms with van der Waals surface area (Å²) in [7, 11) is 3.82. The van der Waals surface area contributed by atoms with E-state index >= 15 is 0 Å². The van der Waals surface area contributed by atoms with Gasteiger partial charge in [0.05, 0.1) is 12.5 Å². The molecular weight excluding hydrogens is 364 g/mol. The number of hydrogen-bond acceptors (Lipinski definition) is 5. The predicted octanol–water partition coefficient (Wildman–Crippen LogP) is 3.69. The number of likely N-dealkylation sites (tertiary alicyclic amines) is 1. The number of carbonyl (C=O) groups excluding carboxylic acids is 1. The summed E-state index contributed by atoms with van der Waals surface area (Å²) >= 11 is 0. The zero-order chi connectivity index (χ0) is 20.9. The van der Waals surface area contributed by atoms with Crippen molar-refractivity contribution in [2.45, 2.75) is 39.2 Å². The summed E-state index contributed by atoms with van der Waals surface area (Å²) in [5, 5.41) is 0. The molecule has 0 aromatic heterocycles. The molecule has 1 aromatic carbocycles. The van der Waals surface area contributed by atoms with E-state index < -0.39 is 0 Å². The zero-order valence-corrected chi connectivity index (χ0v) is 18.4. The number of para-hydroxylation sites is 1. The van der Waals surface area contributed by atoms with Crippen LogP contribution in [0.2, 0.25) is 0 Å². The van der Waals surface area contributed by atoms with Gasteiger partial charge in [0, 0.05) is 31.6 Å². The second-order valence-electron chi connectivity index (χ2n) is 9.07. The molecule has 0 amide bonds. The van der Waals surface area contributed by atoms with Crippen molar-refractivity contribution in [3.63, 3.8) is 0 Å². The monoisotopic (exact) mass is 400 g/mol. The Balaban J connectivity index is 1.48. The van der Waals surface area contributed by atoms with E-state index in [-0.39, 0.29) is 17.5 Å². The molecular formula is C24H36N2O3. The summed E-state index contributed by atoms with van der Waals surface area (Å²) in [4.78, 5) is 17.4. The van der Waals surface area contributed by atoms with E-state index in [0.717, 1.165) is 63.3 Å². The van der Waals surface area contributed by atoms with Gasteiger partial charge in [-0.15, -0.1) is 0 Å². The maximum Gasteiger partial charge on any atom is 0.312 e. The number of methoxy groups -OCH3 is 1. The molecule has 0 N–H and O–H groups in total. The van der Waals surface area contributed by atoms with Gasteiger partial charge in [0.2, 0.25) is 0 Å². The van der Waals surface area contributed by atoms with Crippen LogP contribution in [-0.4, -0.2) is 68.8 Å². The number of benzene rings is 1. The van der Waals surface area contributed by atoms with Crippen LogP contribution in [0.15, 0.2) is 30.3 Å². The first-order chi connectivity index (χ1) is 13.9. The standard InChI is InChI=1S/C24H36N2O3/c1-19(2)17-25(3)18-21-16-24(23(27)29-21)11-14-26(15-12-24)13-7-9-20-8-5-6-10-22(20)28-4/h5-10,19,21H,11-18H2,1-4H3/b9-7+. The van der Waals surface area contributed by atoms with Gasteiger partial charge in [0.1, 0.15) is 11.9 Å². The number of likely N-dealkylation sites (N-methyl/N-ethyl adjacent to an activating group) is 1. The highest BCUT2D eigenvalue weighted by Crippen LogP contribution is 2.43. The van der Waals surface area contributed by atoms with Crippen LogP contribution in [0.4, 0.5) is 0 Å². The van der Waals surface area contributed by atoms with Crippen molar-refractivity contribution >= 4 is 12.0 Å². The minimum absolute atomic E-state index is 0.0321. The number of esters is 1. The lowest BCUT2D eigenvalue weighted by molar-refractivity contribution is -0.151. The summed E-state index contributed by atoms with van der Waals surface area (Å²) in [5.74, 6) is 1.55. The summed E-state index contributed by atoms with van der Waals surface area (Å²) in [6.07, 6.45) is 7.03. The zero-order valence-electron chi connectivity index (χ0n) is 18.4. The Bertz CT molecular complexity index is 708. The predicted molar refractivity (Wildman–Crippen MR) is 117 cm³/mol. The Labute approximate surface area is 175 Å². The van der Waals surface area contributed by atoms with Gasteiger partial charge < -0.3 is 14.4 Å². The van der Waals surface area contributed by atoms with E-state index in [9.17, 15) is 4.79 Å². The van der Waals surface area contributed by atoms with Crippen LogP contribution in [0.1, 0.15) is 38.7 Å². The molecule has 0 aliphatic carbocycles. The number of piperidine rings is 1. The third-order valence-electron chi connectivity index (χ3n) is 6.13. The summed E-state index contributed by atoms with van der Waals surface area (Å²) in [6.45, 7) is 9.10. The molecule has 1 unspecified atom stereocenters. The summed E-state index contributed by atoms with van der Waals surface area (Å²) < 4.78 is 11.2. The molecule has 1 aromatic rings. The molecule has 160 valence electrons. The van der Waals surface area contributed by atoms with E-state index in [4.69, 9.17) is 9.47 Å². The molecule has 0 radical (unpaired) electrons. The van der Waals surface area contributed by atoms with E-state index in [1.165, 1.54) is 0 Å². The molecule has 0 saturated carbocycles.